The second-order valence-corrected chi connectivity index (χ2v) is 2.54. The van der Waals surface area contributed by atoms with Crippen molar-refractivity contribution in [1.29, 1.82) is 0 Å². The maximum atomic E-state index is 10.3. The van der Waals surface area contributed by atoms with Crippen molar-refractivity contribution in [3.63, 3.8) is 0 Å². The molecule has 0 unspecified atom stereocenters. The molecule has 1 saturated carbocycles. The minimum Gasteiger partial charge on any atom is -0.479 e. The van der Waals surface area contributed by atoms with Gasteiger partial charge in [-0.25, -0.2) is 4.79 Å². The van der Waals surface area contributed by atoms with Gasteiger partial charge in [-0.15, -0.1) is 12.4 Å². The Kier molecular flexibility index (Phi) is 3.12. The highest BCUT2D eigenvalue weighted by Crippen LogP contribution is 2.29. The summed E-state index contributed by atoms with van der Waals surface area (Å²) >= 11 is 0. The van der Waals surface area contributed by atoms with Crippen molar-refractivity contribution in [2.24, 2.45) is 0 Å². The Hall–Kier alpha value is -0.280. The molecule has 0 radical (unpaired) electrons. The third-order valence-electron chi connectivity index (χ3n) is 1.83. The number of carbonyl (C=O) groups is 1. The summed E-state index contributed by atoms with van der Waals surface area (Å²) in [5, 5.41) is 17.6. The van der Waals surface area contributed by atoms with Crippen molar-refractivity contribution in [1.82, 2.24) is 0 Å². The van der Waals surface area contributed by atoms with Gasteiger partial charge in [0.15, 0.2) is 5.60 Å². The molecule has 0 atom stereocenters. The smallest absolute Gasteiger partial charge is 0.335 e. The third kappa shape index (κ3) is 1.61. The molecule has 2 N–H and O–H groups in total. The molecule has 10 heavy (non-hydrogen) atoms. The number of carboxylic acids is 1. The average Bonchev–Trinajstić information content (AvgIpc) is 2.16. The second-order valence-electron chi connectivity index (χ2n) is 2.54. The van der Waals surface area contributed by atoms with Gasteiger partial charge in [-0.1, -0.05) is 0 Å². The van der Waals surface area contributed by atoms with E-state index in [0.29, 0.717) is 12.8 Å². The molecule has 0 heterocycles. The molecule has 1 fully saturated rings. The lowest BCUT2D eigenvalue weighted by atomic mass is 10.0. The lowest BCUT2D eigenvalue weighted by Crippen LogP contribution is -2.34. The zero-order valence-electron chi connectivity index (χ0n) is 5.54. The highest BCUT2D eigenvalue weighted by atomic mass is 35.5. The predicted molar refractivity (Wildman–Crippen MR) is 38.3 cm³/mol. The average molecular weight is 167 g/mol. The molecule has 0 aromatic carbocycles. The van der Waals surface area contributed by atoms with Crippen molar-refractivity contribution >= 4 is 18.4 Å². The molecule has 1 rings (SSSR count). The van der Waals surface area contributed by atoms with Gasteiger partial charge in [-0.3, -0.25) is 0 Å². The SMILES string of the molecule is Cl.O=C(O)C1(O)CCCC1. The van der Waals surface area contributed by atoms with E-state index < -0.39 is 11.6 Å². The molecule has 1 aliphatic carbocycles. The Morgan fingerprint density at radius 1 is 1.30 bits per heavy atom. The molecule has 60 valence electrons. The van der Waals surface area contributed by atoms with Crippen LogP contribution in [0.15, 0.2) is 0 Å². The number of rotatable bonds is 1. The maximum Gasteiger partial charge on any atom is 0.335 e. The monoisotopic (exact) mass is 166 g/mol. The fourth-order valence-electron chi connectivity index (χ4n) is 1.17. The van der Waals surface area contributed by atoms with Crippen LogP contribution in [0.3, 0.4) is 0 Å². The molecular weight excluding hydrogens is 156 g/mol. The number of aliphatic hydroxyl groups is 1. The first-order chi connectivity index (χ1) is 4.15. The van der Waals surface area contributed by atoms with Crippen LogP contribution in [0.25, 0.3) is 0 Å². The minimum absolute atomic E-state index is 0. The van der Waals surface area contributed by atoms with Crippen molar-refractivity contribution in [2.75, 3.05) is 0 Å². The van der Waals surface area contributed by atoms with E-state index in [1.165, 1.54) is 0 Å². The van der Waals surface area contributed by atoms with Crippen molar-refractivity contribution in [3.8, 4) is 0 Å². The molecule has 0 spiro atoms. The number of halogens is 1. The van der Waals surface area contributed by atoms with Crippen molar-refractivity contribution in [2.45, 2.75) is 31.3 Å². The van der Waals surface area contributed by atoms with Gasteiger partial charge < -0.3 is 10.2 Å². The van der Waals surface area contributed by atoms with E-state index in [9.17, 15) is 4.79 Å². The first-order valence-corrected chi connectivity index (χ1v) is 3.11. The first-order valence-electron chi connectivity index (χ1n) is 3.11. The van der Waals surface area contributed by atoms with Crippen LogP contribution >= 0.6 is 12.4 Å². The van der Waals surface area contributed by atoms with E-state index in [4.69, 9.17) is 10.2 Å². The van der Waals surface area contributed by atoms with Crippen LogP contribution in [0.4, 0.5) is 0 Å². The second kappa shape index (κ2) is 3.21. The van der Waals surface area contributed by atoms with E-state index in [1.54, 1.807) is 0 Å². The van der Waals surface area contributed by atoms with Crippen LogP contribution in [0.5, 0.6) is 0 Å². The summed E-state index contributed by atoms with van der Waals surface area (Å²) in [6.07, 6.45) is 2.51. The molecule has 1 aliphatic rings. The van der Waals surface area contributed by atoms with E-state index in [-0.39, 0.29) is 12.4 Å². The highest BCUT2D eigenvalue weighted by molar-refractivity contribution is 5.85. The van der Waals surface area contributed by atoms with Gasteiger partial charge in [0.05, 0.1) is 0 Å². The van der Waals surface area contributed by atoms with E-state index in [1.807, 2.05) is 0 Å². The van der Waals surface area contributed by atoms with E-state index in [2.05, 4.69) is 0 Å². The Bertz CT molecular complexity index is 129. The Labute approximate surface area is 65.5 Å². The fraction of sp³-hybridized carbons (Fsp3) is 0.833. The Morgan fingerprint density at radius 3 is 1.90 bits per heavy atom. The van der Waals surface area contributed by atoms with Gasteiger partial charge in [0.25, 0.3) is 0 Å². The predicted octanol–water partition coefficient (Wildman–Crippen LogP) is 0.798. The number of hydrogen-bond donors (Lipinski definition) is 2. The lowest BCUT2D eigenvalue weighted by Gasteiger charge is -2.14. The molecular formula is C6H11ClO3. The summed E-state index contributed by atoms with van der Waals surface area (Å²) in [6.45, 7) is 0. The normalized spacial score (nSPS) is 21.7. The summed E-state index contributed by atoms with van der Waals surface area (Å²) in [6, 6.07) is 0. The summed E-state index contributed by atoms with van der Waals surface area (Å²) in [7, 11) is 0. The highest BCUT2D eigenvalue weighted by Gasteiger charge is 2.38. The van der Waals surface area contributed by atoms with E-state index in [0.717, 1.165) is 12.8 Å². The van der Waals surface area contributed by atoms with Gasteiger partial charge in [-0.2, -0.15) is 0 Å². The molecule has 0 aromatic heterocycles. The quantitative estimate of drug-likeness (QED) is 0.606. The van der Waals surface area contributed by atoms with E-state index >= 15 is 0 Å². The Morgan fingerprint density at radius 2 is 1.70 bits per heavy atom. The first kappa shape index (κ1) is 9.72. The molecule has 0 aromatic rings. The van der Waals surface area contributed by atoms with Gasteiger partial charge in [0.2, 0.25) is 0 Å². The molecule has 0 bridgehead atoms. The molecule has 0 saturated heterocycles. The van der Waals surface area contributed by atoms with Gasteiger partial charge in [0.1, 0.15) is 0 Å². The summed E-state index contributed by atoms with van der Waals surface area (Å²) in [5.74, 6) is -1.07. The van der Waals surface area contributed by atoms with Crippen LogP contribution in [-0.2, 0) is 4.79 Å². The van der Waals surface area contributed by atoms with Gasteiger partial charge in [-0.05, 0) is 25.7 Å². The van der Waals surface area contributed by atoms with Crippen molar-refractivity contribution < 1.29 is 15.0 Å². The number of hydrogen-bond acceptors (Lipinski definition) is 2. The maximum absolute atomic E-state index is 10.3. The summed E-state index contributed by atoms with van der Waals surface area (Å²) in [4.78, 5) is 10.3. The molecule has 3 nitrogen and oxygen atoms in total. The lowest BCUT2D eigenvalue weighted by molar-refractivity contribution is -0.157. The number of carboxylic acid groups (broad SMARTS) is 1. The van der Waals surface area contributed by atoms with Crippen LogP contribution in [0, 0.1) is 0 Å². The fourth-order valence-corrected chi connectivity index (χ4v) is 1.17. The Balaban J connectivity index is 0.000000810. The summed E-state index contributed by atoms with van der Waals surface area (Å²) < 4.78 is 0. The number of aliphatic carboxylic acids is 1. The zero-order chi connectivity index (χ0) is 6.91. The molecule has 0 aliphatic heterocycles. The zero-order valence-corrected chi connectivity index (χ0v) is 6.36. The minimum atomic E-state index is -1.39. The van der Waals surface area contributed by atoms with Crippen LogP contribution in [0.2, 0.25) is 0 Å². The topological polar surface area (TPSA) is 57.5 Å². The van der Waals surface area contributed by atoms with Crippen LogP contribution in [0.1, 0.15) is 25.7 Å². The third-order valence-corrected chi connectivity index (χ3v) is 1.83. The largest absolute Gasteiger partial charge is 0.479 e. The summed E-state index contributed by atoms with van der Waals surface area (Å²) in [5.41, 5.74) is -1.39. The van der Waals surface area contributed by atoms with Gasteiger partial charge in [0, 0.05) is 0 Å². The van der Waals surface area contributed by atoms with Gasteiger partial charge >= 0.3 is 5.97 Å². The van der Waals surface area contributed by atoms with Crippen molar-refractivity contribution in [3.05, 3.63) is 0 Å². The molecule has 4 heteroatoms. The standard InChI is InChI=1S/C6H10O3.ClH/c7-5(8)6(9)3-1-2-4-6;/h9H,1-4H2,(H,7,8);1H. The van der Waals surface area contributed by atoms with Crippen LogP contribution < -0.4 is 0 Å². The van der Waals surface area contributed by atoms with Crippen LogP contribution in [-0.4, -0.2) is 21.8 Å². The molecule has 0 amide bonds.